The Labute approximate surface area is 291 Å². The maximum absolute atomic E-state index is 13.3. The monoisotopic (exact) mass is 716 g/mol. The van der Waals surface area contributed by atoms with Crippen LogP contribution in [0.25, 0.3) is 10.8 Å². The smallest absolute Gasteiger partial charge is 0.303 e. The van der Waals surface area contributed by atoms with Crippen molar-refractivity contribution < 1.29 is 77.1 Å². The van der Waals surface area contributed by atoms with Crippen molar-refractivity contribution in [2.24, 2.45) is 0 Å². The number of fused-ring (bicyclic) bond motifs is 8. The lowest BCUT2D eigenvalue weighted by atomic mass is 9.77. The molecule has 7 unspecified atom stereocenters. The normalized spacial score (nSPS) is 38.8. The zero-order valence-electron chi connectivity index (χ0n) is 29.1. The van der Waals surface area contributed by atoms with Gasteiger partial charge in [0, 0.05) is 50.5 Å². The second-order valence-electron chi connectivity index (χ2n) is 14.0. The number of epoxide rings is 1. The molecule has 276 valence electrons. The Kier molecular flexibility index (Phi) is 7.66. The SMILES string of the molecule is COc1c2c(c(O)c3c4c(c(C)cc13)C1OC3(C(OC)OC)OC1[C@@](OC1CC(OC(C)=O)C(O)(C(C)=O)C(C)O1)(O4)[C@@]31CO1)C(=O)CC[C@@H]2O. The number of benzene rings is 2. The summed E-state index contributed by atoms with van der Waals surface area (Å²) < 4.78 is 62.2. The molecule has 0 aromatic heterocycles. The minimum atomic E-state index is -2.18. The number of hydrogen-bond acceptors (Lipinski definition) is 16. The molecule has 5 heterocycles. The van der Waals surface area contributed by atoms with Crippen LogP contribution in [0.3, 0.4) is 0 Å². The van der Waals surface area contributed by atoms with Crippen LogP contribution >= 0.6 is 0 Å². The average Bonchev–Trinajstić information content (AvgIpc) is 3.74. The summed E-state index contributed by atoms with van der Waals surface area (Å²) in [6.45, 7) is 5.55. The highest BCUT2D eigenvalue weighted by Crippen LogP contribution is 2.72. The van der Waals surface area contributed by atoms with E-state index in [-0.39, 0.29) is 59.7 Å². The summed E-state index contributed by atoms with van der Waals surface area (Å²) in [7, 11) is 4.23. The molecular weight excluding hydrogens is 676 g/mol. The lowest BCUT2D eigenvalue weighted by molar-refractivity contribution is -0.385. The Hall–Kier alpha value is -3.45. The molecule has 4 fully saturated rings. The van der Waals surface area contributed by atoms with Crippen LogP contribution in [0.2, 0.25) is 0 Å². The number of esters is 1. The number of ether oxygens (including phenoxy) is 10. The van der Waals surface area contributed by atoms with Gasteiger partial charge >= 0.3 is 5.97 Å². The van der Waals surface area contributed by atoms with E-state index in [2.05, 4.69) is 0 Å². The van der Waals surface area contributed by atoms with Crippen molar-refractivity contribution in [1.82, 2.24) is 0 Å². The number of methoxy groups -OCH3 is 3. The number of rotatable bonds is 8. The van der Waals surface area contributed by atoms with Crippen LogP contribution in [0, 0.1) is 6.92 Å². The van der Waals surface area contributed by atoms with Crippen molar-refractivity contribution >= 4 is 28.3 Å². The molecule has 2 aromatic carbocycles. The number of phenolic OH excluding ortho intramolecular Hbond substituents is 1. The third kappa shape index (κ3) is 4.19. The van der Waals surface area contributed by atoms with E-state index in [1.165, 1.54) is 35.2 Å². The van der Waals surface area contributed by atoms with Crippen LogP contribution in [0.15, 0.2) is 6.07 Å². The molecule has 2 bridgehead atoms. The first-order valence-corrected chi connectivity index (χ1v) is 16.8. The lowest BCUT2D eigenvalue weighted by Gasteiger charge is -2.52. The van der Waals surface area contributed by atoms with Gasteiger partial charge in [-0.1, -0.05) is 0 Å². The van der Waals surface area contributed by atoms with Crippen LogP contribution in [0.1, 0.15) is 79.3 Å². The quantitative estimate of drug-likeness (QED) is 0.203. The maximum atomic E-state index is 13.3. The zero-order chi connectivity index (χ0) is 36.6. The highest BCUT2D eigenvalue weighted by atomic mass is 16.9. The molecule has 5 aliphatic heterocycles. The average molecular weight is 717 g/mol. The van der Waals surface area contributed by atoms with Crippen molar-refractivity contribution in [3.05, 3.63) is 28.3 Å². The summed E-state index contributed by atoms with van der Waals surface area (Å²) >= 11 is 0. The number of carbonyl (C=O) groups excluding carboxylic acids is 3. The van der Waals surface area contributed by atoms with Gasteiger partial charge in [-0.3, -0.25) is 14.4 Å². The van der Waals surface area contributed by atoms with Crippen molar-refractivity contribution in [2.45, 2.75) is 113 Å². The van der Waals surface area contributed by atoms with Gasteiger partial charge in [-0.05, 0) is 38.8 Å². The molecule has 8 rings (SSSR count). The number of Topliss-reactive ketones (excluding diaryl/α,β-unsaturated/α-hetero) is 2. The van der Waals surface area contributed by atoms with Crippen LogP contribution in [0.5, 0.6) is 17.2 Å². The fourth-order valence-corrected chi connectivity index (χ4v) is 9.01. The number of phenols is 1. The number of hydrogen-bond donors (Lipinski definition) is 3. The molecule has 51 heavy (non-hydrogen) atoms. The predicted octanol–water partition coefficient (Wildman–Crippen LogP) is 1.92. The molecular formula is C35H40O16. The number of carbonyl (C=O) groups is 3. The van der Waals surface area contributed by atoms with E-state index < -0.39 is 83.4 Å². The minimum absolute atomic E-state index is 0.00219. The lowest BCUT2D eigenvalue weighted by Crippen LogP contribution is -2.72. The van der Waals surface area contributed by atoms with Gasteiger partial charge in [0.05, 0.1) is 36.9 Å². The van der Waals surface area contributed by atoms with E-state index in [9.17, 15) is 29.7 Å². The minimum Gasteiger partial charge on any atom is -0.506 e. The van der Waals surface area contributed by atoms with Crippen LogP contribution in [-0.4, -0.2) is 114 Å². The molecule has 0 saturated carbocycles. The van der Waals surface area contributed by atoms with Gasteiger partial charge in [0.15, 0.2) is 29.6 Å². The summed E-state index contributed by atoms with van der Waals surface area (Å²) in [5, 5.41) is 34.8. The zero-order valence-corrected chi connectivity index (χ0v) is 29.1. The van der Waals surface area contributed by atoms with E-state index in [0.29, 0.717) is 16.5 Å². The standard InChI is InChI=1S/C35H40O16/c1-13-10-17-23(26(40)24-18(38)8-9-19(39)25(24)27(17)42-5)28-22(13)29-30-34(49-28,32(12-45-32)35(50-29,51-30)31(43-6)44-7)48-21-11-20(47-16(4)37)33(41,14(2)36)15(3)46-21/h10,15,19-21,29-31,39-41H,8-9,11-12H2,1-7H3/t15?,19-,20?,21?,29?,30?,32-,33?,34+,35?/m0/s1. The fourth-order valence-electron chi connectivity index (χ4n) is 9.01. The predicted molar refractivity (Wildman–Crippen MR) is 168 cm³/mol. The van der Waals surface area contributed by atoms with E-state index in [4.69, 9.17) is 47.4 Å². The Morgan fingerprint density at radius 3 is 2.41 bits per heavy atom. The number of ketones is 2. The van der Waals surface area contributed by atoms with Gasteiger partial charge < -0.3 is 62.7 Å². The molecule has 1 aliphatic carbocycles. The second-order valence-corrected chi connectivity index (χ2v) is 14.0. The fraction of sp³-hybridized carbons (Fsp3) is 0.629. The molecule has 0 radical (unpaired) electrons. The summed E-state index contributed by atoms with van der Waals surface area (Å²) in [6.07, 6.45) is -8.27. The molecule has 2 aromatic rings. The van der Waals surface area contributed by atoms with E-state index in [0.717, 1.165) is 6.92 Å². The van der Waals surface area contributed by atoms with Crippen LogP contribution in [0.4, 0.5) is 0 Å². The van der Waals surface area contributed by atoms with E-state index >= 15 is 0 Å². The highest BCUT2D eigenvalue weighted by molar-refractivity contribution is 6.12. The van der Waals surface area contributed by atoms with E-state index in [1.807, 2.05) is 0 Å². The Morgan fingerprint density at radius 1 is 1.10 bits per heavy atom. The third-order valence-electron chi connectivity index (χ3n) is 11.4. The Morgan fingerprint density at radius 2 is 1.80 bits per heavy atom. The van der Waals surface area contributed by atoms with Crippen molar-refractivity contribution in [3.63, 3.8) is 0 Å². The third-order valence-corrected chi connectivity index (χ3v) is 11.4. The first kappa shape index (κ1) is 34.6. The molecule has 16 nitrogen and oxygen atoms in total. The van der Waals surface area contributed by atoms with Crippen molar-refractivity contribution in [2.75, 3.05) is 27.9 Å². The molecule has 4 saturated heterocycles. The second kappa shape index (κ2) is 11.3. The van der Waals surface area contributed by atoms with E-state index in [1.54, 1.807) is 13.0 Å². The first-order chi connectivity index (χ1) is 24.2. The Bertz CT molecular complexity index is 1870. The molecule has 10 atom stereocenters. The summed E-state index contributed by atoms with van der Waals surface area (Å²) in [4.78, 5) is 38.2. The van der Waals surface area contributed by atoms with Gasteiger partial charge in [-0.2, -0.15) is 0 Å². The topological polar surface area (TPSA) is 208 Å². The number of aromatic hydroxyl groups is 1. The van der Waals surface area contributed by atoms with Crippen LogP contribution < -0.4 is 9.47 Å². The van der Waals surface area contributed by atoms with Gasteiger partial charge in [0.2, 0.25) is 11.9 Å². The van der Waals surface area contributed by atoms with Gasteiger partial charge in [-0.15, -0.1) is 0 Å². The number of aliphatic hydroxyl groups excluding tert-OH is 1. The number of aliphatic hydroxyl groups is 2. The molecule has 1 spiro atoms. The highest BCUT2D eigenvalue weighted by Gasteiger charge is 2.94. The van der Waals surface area contributed by atoms with Gasteiger partial charge in [0.1, 0.15) is 29.5 Å². The summed E-state index contributed by atoms with van der Waals surface area (Å²) in [5.74, 6) is -5.62. The van der Waals surface area contributed by atoms with Crippen molar-refractivity contribution in [3.8, 4) is 17.2 Å². The molecule has 16 heteroatoms. The molecule has 6 aliphatic rings. The Balaban J connectivity index is 1.34. The summed E-state index contributed by atoms with van der Waals surface area (Å²) in [5.41, 5.74) is -2.55. The molecule has 3 N–H and O–H groups in total. The van der Waals surface area contributed by atoms with Crippen molar-refractivity contribution in [1.29, 1.82) is 0 Å². The largest absolute Gasteiger partial charge is 0.506 e. The number of aryl methyl sites for hydroxylation is 1. The summed E-state index contributed by atoms with van der Waals surface area (Å²) in [6, 6.07) is 1.75. The van der Waals surface area contributed by atoms with Gasteiger partial charge in [-0.25, -0.2) is 0 Å². The van der Waals surface area contributed by atoms with Crippen LogP contribution in [-0.2, 0) is 47.5 Å². The maximum Gasteiger partial charge on any atom is 0.303 e. The first-order valence-electron chi connectivity index (χ1n) is 16.8. The van der Waals surface area contributed by atoms with Gasteiger partial charge in [0.25, 0.3) is 11.6 Å². The molecule has 0 amide bonds.